The molecule has 1 heterocycles. The van der Waals surface area contributed by atoms with Crippen molar-refractivity contribution < 1.29 is 8.78 Å². The van der Waals surface area contributed by atoms with Crippen molar-refractivity contribution in [2.45, 2.75) is 41.2 Å². The first-order chi connectivity index (χ1) is 15.8. The van der Waals surface area contributed by atoms with Crippen LogP contribution in [-0.2, 0) is 0 Å². The predicted octanol–water partition coefficient (Wildman–Crippen LogP) is 5.88. The topological polar surface area (TPSA) is 71.6 Å². The van der Waals surface area contributed by atoms with Gasteiger partial charge in [-0.1, -0.05) is 32.2 Å². The van der Waals surface area contributed by atoms with Gasteiger partial charge in [0, 0.05) is 12.4 Å². The van der Waals surface area contributed by atoms with Gasteiger partial charge in [-0.25, -0.2) is 13.8 Å². The highest BCUT2D eigenvalue weighted by molar-refractivity contribution is 5.78. The SMILES string of the molecule is C.C=C(N[C@@H](C)c1nc2ccccc2c(=O)n1-c1c(F)cccc1F)/C(N=CC)=C(/C)N=CC. The van der Waals surface area contributed by atoms with Crippen LogP contribution in [0, 0.1) is 11.6 Å². The maximum Gasteiger partial charge on any atom is 0.266 e. The molecule has 0 amide bonds. The van der Waals surface area contributed by atoms with Crippen LogP contribution in [0.4, 0.5) is 8.78 Å². The van der Waals surface area contributed by atoms with Crippen molar-refractivity contribution in [1.82, 2.24) is 14.9 Å². The number of allylic oxidation sites excluding steroid dienone is 1. The molecule has 2 aromatic carbocycles. The molecule has 34 heavy (non-hydrogen) atoms. The van der Waals surface area contributed by atoms with Crippen molar-refractivity contribution in [3.05, 3.63) is 93.9 Å². The number of hydrogen-bond acceptors (Lipinski definition) is 5. The summed E-state index contributed by atoms with van der Waals surface area (Å²) in [6.07, 6.45) is 3.25. The molecule has 0 aliphatic carbocycles. The normalized spacial score (nSPS) is 13.1. The van der Waals surface area contributed by atoms with Crippen LogP contribution < -0.4 is 10.9 Å². The number of rotatable bonds is 7. The third-order valence-corrected chi connectivity index (χ3v) is 4.95. The molecule has 0 radical (unpaired) electrons. The molecule has 0 bridgehead atoms. The minimum atomic E-state index is -0.870. The molecule has 1 aromatic heterocycles. The van der Waals surface area contributed by atoms with E-state index in [1.807, 2.05) is 0 Å². The highest BCUT2D eigenvalue weighted by atomic mass is 19.1. The molecule has 0 spiro atoms. The summed E-state index contributed by atoms with van der Waals surface area (Å²) in [7, 11) is 0. The first kappa shape index (κ1) is 26.3. The van der Waals surface area contributed by atoms with Crippen LogP contribution in [0.2, 0.25) is 0 Å². The average Bonchev–Trinajstić information content (AvgIpc) is 2.78. The van der Waals surface area contributed by atoms with E-state index in [0.29, 0.717) is 22.6 Å². The minimum absolute atomic E-state index is 0. The lowest BCUT2D eigenvalue weighted by Gasteiger charge is -2.22. The van der Waals surface area contributed by atoms with E-state index in [-0.39, 0.29) is 18.6 Å². The molecular formula is C26H29F2N5O. The molecule has 1 atom stereocenters. The third kappa shape index (κ3) is 5.17. The van der Waals surface area contributed by atoms with Gasteiger partial charge in [-0.3, -0.25) is 19.3 Å². The van der Waals surface area contributed by atoms with Gasteiger partial charge in [-0.2, -0.15) is 0 Å². The van der Waals surface area contributed by atoms with Gasteiger partial charge < -0.3 is 5.32 Å². The molecule has 1 N–H and O–H groups in total. The second kappa shape index (κ2) is 11.3. The summed E-state index contributed by atoms with van der Waals surface area (Å²) in [5.41, 5.74) is 0.918. The van der Waals surface area contributed by atoms with Gasteiger partial charge in [0.1, 0.15) is 28.8 Å². The Morgan fingerprint density at radius 3 is 2.32 bits per heavy atom. The van der Waals surface area contributed by atoms with Gasteiger partial charge in [0.15, 0.2) is 0 Å². The van der Waals surface area contributed by atoms with Crippen LogP contribution in [0.5, 0.6) is 0 Å². The summed E-state index contributed by atoms with van der Waals surface area (Å²) >= 11 is 0. The lowest BCUT2D eigenvalue weighted by Crippen LogP contribution is -2.31. The second-order valence-electron chi connectivity index (χ2n) is 7.25. The number of fused-ring (bicyclic) bond motifs is 1. The summed E-state index contributed by atoms with van der Waals surface area (Å²) in [5, 5.41) is 3.40. The Balaban J connectivity index is 0.00000408. The molecule has 178 valence electrons. The molecule has 0 aliphatic heterocycles. The number of hydrogen-bond donors (Lipinski definition) is 1. The fraction of sp³-hybridized carbons (Fsp3) is 0.231. The fourth-order valence-electron chi connectivity index (χ4n) is 3.53. The number of nitrogens with one attached hydrogen (secondary N) is 1. The van der Waals surface area contributed by atoms with Crippen LogP contribution >= 0.6 is 0 Å². The van der Waals surface area contributed by atoms with Gasteiger partial charge in [0.25, 0.3) is 5.56 Å². The van der Waals surface area contributed by atoms with Gasteiger partial charge in [0.2, 0.25) is 0 Å². The van der Waals surface area contributed by atoms with E-state index in [2.05, 4.69) is 26.9 Å². The lowest BCUT2D eigenvalue weighted by molar-refractivity contribution is 0.542. The highest BCUT2D eigenvalue weighted by Gasteiger charge is 2.23. The number of aromatic nitrogens is 2. The zero-order valence-electron chi connectivity index (χ0n) is 18.9. The maximum atomic E-state index is 14.7. The van der Waals surface area contributed by atoms with Gasteiger partial charge in [-0.05, 0) is 52.0 Å². The van der Waals surface area contributed by atoms with E-state index in [4.69, 9.17) is 0 Å². The fourth-order valence-corrected chi connectivity index (χ4v) is 3.53. The van der Waals surface area contributed by atoms with Crippen LogP contribution in [0.1, 0.15) is 47.0 Å². The van der Waals surface area contributed by atoms with Gasteiger partial charge >= 0.3 is 0 Å². The average molecular weight is 466 g/mol. The van der Waals surface area contributed by atoms with Crippen LogP contribution in [0.25, 0.3) is 16.6 Å². The molecule has 3 rings (SSSR count). The van der Waals surface area contributed by atoms with Gasteiger partial charge in [-0.15, -0.1) is 0 Å². The zero-order chi connectivity index (χ0) is 24.1. The second-order valence-corrected chi connectivity index (χ2v) is 7.25. The Bertz CT molecular complexity index is 1330. The third-order valence-electron chi connectivity index (χ3n) is 4.95. The number of benzene rings is 2. The van der Waals surface area contributed by atoms with E-state index in [0.717, 1.165) is 16.7 Å². The smallest absolute Gasteiger partial charge is 0.266 e. The summed E-state index contributed by atoms with van der Waals surface area (Å²) < 4.78 is 30.4. The van der Waals surface area contributed by atoms with E-state index >= 15 is 0 Å². The summed E-state index contributed by atoms with van der Waals surface area (Å²) in [6, 6.07) is 9.45. The zero-order valence-corrected chi connectivity index (χ0v) is 18.9. The first-order valence-electron chi connectivity index (χ1n) is 10.4. The van der Waals surface area contributed by atoms with Crippen molar-refractivity contribution in [3.63, 3.8) is 0 Å². The van der Waals surface area contributed by atoms with Crippen molar-refractivity contribution in [2.75, 3.05) is 0 Å². The van der Waals surface area contributed by atoms with E-state index in [9.17, 15) is 13.6 Å². The Kier molecular flexibility index (Phi) is 8.72. The van der Waals surface area contributed by atoms with Crippen molar-refractivity contribution >= 4 is 23.3 Å². The first-order valence-corrected chi connectivity index (χ1v) is 10.4. The molecule has 0 aliphatic rings. The predicted molar refractivity (Wildman–Crippen MR) is 136 cm³/mol. The van der Waals surface area contributed by atoms with Crippen LogP contribution in [0.15, 0.2) is 80.9 Å². The Labute approximate surface area is 198 Å². The van der Waals surface area contributed by atoms with E-state index in [1.165, 1.54) is 6.07 Å². The van der Waals surface area contributed by atoms with Crippen molar-refractivity contribution in [1.29, 1.82) is 0 Å². The van der Waals surface area contributed by atoms with E-state index in [1.54, 1.807) is 64.4 Å². The lowest BCUT2D eigenvalue weighted by atomic mass is 10.1. The van der Waals surface area contributed by atoms with Crippen LogP contribution in [0.3, 0.4) is 0 Å². The quantitative estimate of drug-likeness (QED) is 0.350. The molecule has 3 aromatic rings. The molecule has 8 heteroatoms. The number of para-hydroxylation sites is 2. The highest BCUT2D eigenvalue weighted by Crippen LogP contribution is 2.24. The molecular weight excluding hydrogens is 436 g/mol. The van der Waals surface area contributed by atoms with Gasteiger partial charge in [0.05, 0.1) is 28.3 Å². The van der Waals surface area contributed by atoms with Crippen molar-refractivity contribution in [2.24, 2.45) is 9.98 Å². The van der Waals surface area contributed by atoms with Crippen molar-refractivity contribution in [3.8, 4) is 5.69 Å². The summed E-state index contributed by atoms with van der Waals surface area (Å²) in [6.45, 7) is 11.1. The standard InChI is InChI=1S/C25H25F2N5O.CH4/c1-6-28-15(3)22(29-7-2)16(4)30-17(5)24-31-21-14-9-8-11-18(21)25(33)32(24)23-19(26)12-10-13-20(23)27;/h6-14,17,30H,4H2,1-3,5H3;1H4/b22-15+,28-6?,29-7?;/t17-;/m0./s1. The summed E-state index contributed by atoms with van der Waals surface area (Å²) in [5.74, 6) is -1.61. The molecule has 0 fully saturated rings. The molecule has 6 nitrogen and oxygen atoms in total. The Morgan fingerprint density at radius 2 is 1.71 bits per heavy atom. The Morgan fingerprint density at radius 1 is 1.09 bits per heavy atom. The number of halogens is 2. The van der Waals surface area contributed by atoms with E-state index < -0.39 is 28.9 Å². The number of aliphatic imine (C=N–C) groups is 2. The molecule has 0 saturated heterocycles. The monoisotopic (exact) mass is 465 g/mol. The number of nitrogens with zero attached hydrogens (tertiary/aromatic N) is 4. The largest absolute Gasteiger partial charge is 0.374 e. The molecule has 0 unspecified atom stereocenters. The molecule has 0 saturated carbocycles. The van der Waals surface area contributed by atoms with Crippen LogP contribution in [-0.4, -0.2) is 22.0 Å². The summed E-state index contributed by atoms with van der Waals surface area (Å²) in [4.78, 5) is 26.5. The maximum absolute atomic E-state index is 14.7. The Hall–Kier alpha value is -3.94. The minimum Gasteiger partial charge on any atom is -0.374 e.